The molecule has 0 aromatic heterocycles. The number of rotatable bonds is 5. The molecular weight excluding hydrogens is 201 g/mol. The third-order valence-electron chi connectivity index (χ3n) is 2.04. The first-order valence-corrected chi connectivity index (χ1v) is 5.29. The van der Waals surface area contributed by atoms with E-state index >= 15 is 0 Å². The van der Waals surface area contributed by atoms with Crippen LogP contribution >= 0.6 is 11.6 Å². The van der Waals surface area contributed by atoms with Crippen LogP contribution in [0.3, 0.4) is 0 Å². The van der Waals surface area contributed by atoms with Crippen LogP contribution in [-0.4, -0.2) is 12.4 Å². The van der Waals surface area contributed by atoms with Gasteiger partial charge in [0.05, 0.1) is 0 Å². The third kappa shape index (κ3) is 3.64. The molecule has 1 aromatic rings. The van der Waals surface area contributed by atoms with Gasteiger partial charge >= 0.3 is 0 Å². The van der Waals surface area contributed by atoms with Crippen LogP contribution in [0.2, 0.25) is 0 Å². The van der Waals surface area contributed by atoms with E-state index in [0.29, 0.717) is 11.4 Å². The van der Waals surface area contributed by atoms with E-state index in [0.717, 1.165) is 25.1 Å². The first-order chi connectivity index (χ1) is 6.74. The van der Waals surface area contributed by atoms with E-state index in [1.165, 1.54) is 6.07 Å². The molecule has 14 heavy (non-hydrogen) atoms. The summed E-state index contributed by atoms with van der Waals surface area (Å²) in [7, 11) is 0. The molecule has 3 heteroatoms. The fraction of sp³-hybridized carbons (Fsp3) is 0.455. The number of aryl methyl sites for hydroxylation is 1. The molecule has 1 rings (SSSR count). The van der Waals surface area contributed by atoms with Crippen molar-refractivity contribution in [2.75, 3.05) is 12.4 Å². The summed E-state index contributed by atoms with van der Waals surface area (Å²) in [5, 5.41) is 3.24. The Kier molecular flexibility index (Phi) is 4.91. The molecule has 78 valence electrons. The monoisotopic (exact) mass is 215 g/mol. The zero-order valence-corrected chi connectivity index (χ0v) is 9.07. The first kappa shape index (κ1) is 11.5. The molecule has 0 bridgehead atoms. The van der Waals surface area contributed by atoms with Crippen molar-refractivity contribution in [3.8, 4) is 0 Å². The Morgan fingerprint density at radius 3 is 2.86 bits per heavy atom. The van der Waals surface area contributed by atoms with E-state index < -0.39 is 0 Å². The van der Waals surface area contributed by atoms with Crippen molar-refractivity contribution >= 4 is 11.6 Å². The molecule has 0 aliphatic carbocycles. The summed E-state index contributed by atoms with van der Waals surface area (Å²) in [6.45, 7) is 3.45. The Balaban J connectivity index is 2.39. The van der Waals surface area contributed by atoms with E-state index in [4.69, 9.17) is 11.6 Å². The Morgan fingerprint density at radius 2 is 2.21 bits per heavy atom. The van der Waals surface area contributed by atoms with E-state index in [9.17, 15) is 4.39 Å². The average Bonchev–Trinajstić information content (AvgIpc) is 2.18. The van der Waals surface area contributed by atoms with Crippen molar-refractivity contribution in [2.24, 2.45) is 0 Å². The van der Waals surface area contributed by atoms with Crippen LogP contribution in [0.4, 0.5) is 4.39 Å². The van der Waals surface area contributed by atoms with Gasteiger partial charge < -0.3 is 5.32 Å². The third-order valence-corrected chi connectivity index (χ3v) is 2.31. The van der Waals surface area contributed by atoms with Gasteiger partial charge in [-0.05, 0) is 37.1 Å². The summed E-state index contributed by atoms with van der Waals surface area (Å²) in [6, 6.07) is 5.17. The number of halogens is 2. The van der Waals surface area contributed by atoms with E-state index in [1.807, 2.05) is 6.07 Å². The van der Waals surface area contributed by atoms with Crippen molar-refractivity contribution in [3.05, 3.63) is 35.1 Å². The van der Waals surface area contributed by atoms with Gasteiger partial charge in [0.1, 0.15) is 5.82 Å². The number of hydrogen-bond donors (Lipinski definition) is 1. The second-order valence-electron chi connectivity index (χ2n) is 3.30. The minimum atomic E-state index is -0.144. The molecule has 0 unspecified atom stereocenters. The number of benzene rings is 1. The van der Waals surface area contributed by atoms with Gasteiger partial charge in [-0.25, -0.2) is 4.39 Å². The Hall–Kier alpha value is -0.600. The molecule has 0 radical (unpaired) electrons. The SMILES string of the molecule is Cc1cc(CNCCCCl)ccc1F. The fourth-order valence-corrected chi connectivity index (χ4v) is 1.37. The Morgan fingerprint density at radius 1 is 1.43 bits per heavy atom. The van der Waals surface area contributed by atoms with Crippen molar-refractivity contribution in [3.63, 3.8) is 0 Å². The molecule has 0 fully saturated rings. The Labute approximate surface area is 89.3 Å². The molecule has 1 nitrogen and oxygen atoms in total. The van der Waals surface area contributed by atoms with E-state index in [1.54, 1.807) is 13.0 Å². The molecule has 0 spiro atoms. The first-order valence-electron chi connectivity index (χ1n) is 4.75. The second-order valence-corrected chi connectivity index (χ2v) is 3.68. The minimum absolute atomic E-state index is 0.144. The zero-order valence-electron chi connectivity index (χ0n) is 8.32. The van der Waals surface area contributed by atoms with Crippen LogP contribution in [0.1, 0.15) is 17.5 Å². The molecule has 0 atom stereocenters. The van der Waals surface area contributed by atoms with Crippen molar-refractivity contribution in [1.29, 1.82) is 0 Å². The standard InChI is InChI=1S/C11H15ClFN/c1-9-7-10(3-4-11(9)13)8-14-6-2-5-12/h3-4,7,14H,2,5-6,8H2,1H3. The van der Waals surface area contributed by atoms with Crippen LogP contribution < -0.4 is 5.32 Å². The highest BCUT2D eigenvalue weighted by Gasteiger charge is 1.98. The lowest BCUT2D eigenvalue weighted by molar-refractivity contribution is 0.615. The van der Waals surface area contributed by atoms with Crippen LogP contribution in [0, 0.1) is 12.7 Å². The van der Waals surface area contributed by atoms with Gasteiger partial charge in [0.15, 0.2) is 0 Å². The summed E-state index contributed by atoms with van der Waals surface area (Å²) in [4.78, 5) is 0. The molecule has 0 aliphatic heterocycles. The quantitative estimate of drug-likeness (QED) is 0.589. The predicted molar refractivity (Wildman–Crippen MR) is 58.2 cm³/mol. The van der Waals surface area contributed by atoms with Gasteiger partial charge in [0.25, 0.3) is 0 Å². The van der Waals surface area contributed by atoms with Crippen LogP contribution in [0.15, 0.2) is 18.2 Å². The maximum atomic E-state index is 12.9. The molecule has 0 amide bonds. The van der Waals surface area contributed by atoms with Crippen molar-refractivity contribution in [2.45, 2.75) is 19.9 Å². The fourth-order valence-electron chi connectivity index (χ4n) is 1.24. The molecule has 0 heterocycles. The maximum absolute atomic E-state index is 12.9. The van der Waals surface area contributed by atoms with Gasteiger partial charge in [-0.1, -0.05) is 12.1 Å². The smallest absolute Gasteiger partial charge is 0.126 e. The van der Waals surface area contributed by atoms with E-state index in [-0.39, 0.29) is 5.82 Å². The number of alkyl halides is 1. The molecule has 0 saturated carbocycles. The lowest BCUT2D eigenvalue weighted by Gasteiger charge is -2.05. The normalized spacial score (nSPS) is 10.5. The van der Waals surface area contributed by atoms with Gasteiger partial charge in [0, 0.05) is 12.4 Å². The summed E-state index contributed by atoms with van der Waals surface area (Å²) in [5.41, 5.74) is 1.81. The summed E-state index contributed by atoms with van der Waals surface area (Å²) >= 11 is 5.54. The summed E-state index contributed by atoms with van der Waals surface area (Å²) in [6.07, 6.45) is 0.960. The van der Waals surface area contributed by atoms with Gasteiger partial charge in [-0.3, -0.25) is 0 Å². The lowest BCUT2D eigenvalue weighted by Crippen LogP contribution is -2.15. The second kappa shape index (κ2) is 5.99. The van der Waals surface area contributed by atoms with Gasteiger partial charge in [0.2, 0.25) is 0 Å². The molecular formula is C11H15ClFN. The van der Waals surface area contributed by atoms with Crippen molar-refractivity contribution < 1.29 is 4.39 Å². The highest BCUT2D eigenvalue weighted by molar-refractivity contribution is 6.17. The van der Waals surface area contributed by atoms with Gasteiger partial charge in [-0.15, -0.1) is 11.6 Å². The highest BCUT2D eigenvalue weighted by Crippen LogP contribution is 2.08. The molecule has 1 aromatic carbocycles. The summed E-state index contributed by atoms with van der Waals surface area (Å²) in [5.74, 6) is 0.532. The number of nitrogens with one attached hydrogen (secondary N) is 1. The highest BCUT2D eigenvalue weighted by atomic mass is 35.5. The zero-order chi connectivity index (χ0) is 10.4. The van der Waals surface area contributed by atoms with Crippen molar-refractivity contribution in [1.82, 2.24) is 5.32 Å². The number of hydrogen-bond acceptors (Lipinski definition) is 1. The molecule has 1 N–H and O–H groups in total. The predicted octanol–water partition coefficient (Wildman–Crippen LogP) is 2.85. The summed E-state index contributed by atoms with van der Waals surface area (Å²) < 4.78 is 12.9. The Bertz CT molecular complexity index is 289. The van der Waals surface area contributed by atoms with Crippen LogP contribution in [-0.2, 0) is 6.54 Å². The largest absolute Gasteiger partial charge is 0.313 e. The maximum Gasteiger partial charge on any atom is 0.126 e. The minimum Gasteiger partial charge on any atom is -0.313 e. The lowest BCUT2D eigenvalue weighted by atomic mass is 10.1. The molecule has 0 aliphatic rings. The van der Waals surface area contributed by atoms with E-state index in [2.05, 4.69) is 5.32 Å². The van der Waals surface area contributed by atoms with Crippen LogP contribution in [0.5, 0.6) is 0 Å². The topological polar surface area (TPSA) is 12.0 Å². The van der Waals surface area contributed by atoms with Gasteiger partial charge in [-0.2, -0.15) is 0 Å². The molecule has 0 saturated heterocycles. The average molecular weight is 216 g/mol. The van der Waals surface area contributed by atoms with Crippen LogP contribution in [0.25, 0.3) is 0 Å².